The first kappa shape index (κ1) is 11.9. The second-order valence-corrected chi connectivity index (χ2v) is 5.58. The predicted octanol–water partition coefficient (Wildman–Crippen LogP) is 3.35. The van der Waals surface area contributed by atoms with Gasteiger partial charge in [-0.25, -0.2) is 0 Å². The molecule has 0 aromatic heterocycles. The molecule has 2 nitrogen and oxygen atoms in total. The molecule has 1 aromatic rings. The second-order valence-electron chi connectivity index (χ2n) is 4.66. The van der Waals surface area contributed by atoms with Crippen LogP contribution in [0.2, 0.25) is 0 Å². The summed E-state index contributed by atoms with van der Waals surface area (Å²) in [6, 6.07) is 5.47. The number of aromatic hydroxyl groups is 1. The molecule has 2 N–H and O–H groups in total. The summed E-state index contributed by atoms with van der Waals surface area (Å²) in [7, 11) is 0. The van der Waals surface area contributed by atoms with Gasteiger partial charge in [0, 0.05) is 15.5 Å². The van der Waals surface area contributed by atoms with Crippen LogP contribution < -0.4 is 0 Å². The van der Waals surface area contributed by atoms with Crippen LogP contribution in [-0.4, -0.2) is 16.8 Å². The van der Waals surface area contributed by atoms with Gasteiger partial charge in [0.05, 0.1) is 6.61 Å². The Bertz CT molecular complexity index is 370. The van der Waals surface area contributed by atoms with Crippen LogP contribution in [0.25, 0.3) is 0 Å². The van der Waals surface area contributed by atoms with E-state index in [1.165, 1.54) is 6.42 Å². The Kier molecular flexibility index (Phi) is 3.55. The lowest BCUT2D eigenvalue weighted by Gasteiger charge is -2.36. The molecule has 3 heteroatoms. The fraction of sp³-hybridized carbons (Fsp3) is 0.538. The first-order valence-electron chi connectivity index (χ1n) is 5.78. The second kappa shape index (κ2) is 4.76. The zero-order valence-corrected chi connectivity index (χ0v) is 10.8. The van der Waals surface area contributed by atoms with Crippen molar-refractivity contribution in [1.82, 2.24) is 0 Å². The van der Waals surface area contributed by atoms with Crippen molar-refractivity contribution in [3.8, 4) is 5.75 Å². The van der Waals surface area contributed by atoms with Crippen molar-refractivity contribution in [1.29, 1.82) is 0 Å². The normalized spacial score (nSPS) is 19.6. The highest BCUT2D eigenvalue weighted by atomic mass is 79.9. The minimum Gasteiger partial charge on any atom is -0.508 e. The van der Waals surface area contributed by atoms with Crippen LogP contribution >= 0.6 is 15.9 Å². The lowest BCUT2D eigenvalue weighted by atomic mass is 9.70. The Balaban J connectivity index is 2.42. The van der Waals surface area contributed by atoms with Gasteiger partial charge in [-0.2, -0.15) is 0 Å². The van der Waals surface area contributed by atoms with E-state index in [0.29, 0.717) is 5.75 Å². The molecular weight excluding hydrogens is 268 g/mol. The molecule has 1 aliphatic rings. The molecule has 0 unspecified atom stereocenters. The summed E-state index contributed by atoms with van der Waals surface area (Å²) in [5.41, 5.74) is 0.663. The van der Waals surface area contributed by atoms with Crippen molar-refractivity contribution in [3.05, 3.63) is 28.2 Å². The van der Waals surface area contributed by atoms with Gasteiger partial charge in [0.1, 0.15) is 5.75 Å². The third-order valence-corrected chi connectivity index (χ3v) is 4.14. The SMILES string of the molecule is OCC1(c2cc(Br)ccc2O)CCCCC1. The highest BCUT2D eigenvalue weighted by molar-refractivity contribution is 9.10. The Hall–Kier alpha value is -0.540. The largest absolute Gasteiger partial charge is 0.508 e. The van der Waals surface area contributed by atoms with Crippen molar-refractivity contribution in [3.63, 3.8) is 0 Å². The van der Waals surface area contributed by atoms with Crippen molar-refractivity contribution in [2.75, 3.05) is 6.61 Å². The Labute approximate surface area is 104 Å². The van der Waals surface area contributed by atoms with E-state index < -0.39 is 0 Å². The Morgan fingerprint density at radius 2 is 1.88 bits per heavy atom. The van der Waals surface area contributed by atoms with Crippen LogP contribution in [0.15, 0.2) is 22.7 Å². The molecule has 0 amide bonds. The van der Waals surface area contributed by atoms with Crippen molar-refractivity contribution in [2.45, 2.75) is 37.5 Å². The number of rotatable bonds is 2. The van der Waals surface area contributed by atoms with Gasteiger partial charge in [-0.15, -0.1) is 0 Å². The molecule has 1 aromatic carbocycles. The van der Waals surface area contributed by atoms with E-state index in [4.69, 9.17) is 0 Å². The highest BCUT2D eigenvalue weighted by Gasteiger charge is 2.35. The van der Waals surface area contributed by atoms with Gasteiger partial charge in [-0.3, -0.25) is 0 Å². The summed E-state index contributed by atoms with van der Waals surface area (Å²) >= 11 is 3.42. The summed E-state index contributed by atoms with van der Waals surface area (Å²) < 4.78 is 0.957. The lowest BCUT2D eigenvalue weighted by molar-refractivity contribution is 0.149. The molecule has 0 heterocycles. The number of benzene rings is 1. The molecule has 0 bridgehead atoms. The smallest absolute Gasteiger partial charge is 0.119 e. The third-order valence-electron chi connectivity index (χ3n) is 3.64. The van der Waals surface area contributed by atoms with Gasteiger partial charge in [-0.05, 0) is 31.0 Å². The molecule has 1 fully saturated rings. The number of phenols is 1. The summed E-state index contributed by atoms with van der Waals surface area (Å²) in [6.45, 7) is 0.122. The fourth-order valence-corrected chi connectivity index (χ4v) is 3.04. The molecule has 0 radical (unpaired) electrons. The predicted molar refractivity (Wildman–Crippen MR) is 67.7 cm³/mol. The van der Waals surface area contributed by atoms with Crippen LogP contribution in [0.3, 0.4) is 0 Å². The number of phenolic OH excluding ortho intramolecular Hbond substituents is 1. The van der Waals surface area contributed by atoms with E-state index >= 15 is 0 Å². The summed E-state index contributed by atoms with van der Waals surface area (Å²) in [5, 5.41) is 19.6. The van der Waals surface area contributed by atoms with Gasteiger partial charge in [0.2, 0.25) is 0 Å². The van der Waals surface area contributed by atoms with E-state index in [-0.39, 0.29) is 12.0 Å². The van der Waals surface area contributed by atoms with Gasteiger partial charge in [-0.1, -0.05) is 35.2 Å². The maximum Gasteiger partial charge on any atom is 0.119 e. The van der Waals surface area contributed by atoms with Crippen molar-refractivity contribution < 1.29 is 10.2 Å². The lowest BCUT2D eigenvalue weighted by Crippen LogP contribution is -2.33. The van der Waals surface area contributed by atoms with Crippen LogP contribution in [0, 0.1) is 0 Å². The van der Waals surface area contributed by atoms with Gasteiger partial charge < -0.3 is 10.2 Å². The topological polar surface area (TPSA) is 40.5 Å². The van der Waals surface area contributed by atoms with E-state index in [0.717, 1.165) is 35.7 Å². The Morgan fingerprint density at radius 3 is 2.50 bits per heavy atom. The molecular formula is C13H17BrO2. The number of hydrogen-bond donors (Lipinski definition) is 2. The highest BCUT2D eigenvalue weighted by Crippen LogP contribution is 2.43. The quantitative estimate of drug-likeness (QED) is 0.874. The zero-order chi connectivity index (χ0) is 11.6. The average Bonchev–Trinajstić information content (AvgIpc) is 2.33. The molecule has 2 rings (SSSR count). The summed E-state index contributed by atoms with van der Waals surface area (Å²) in [6.07, 6.45) is 5.43. The maximum absolute atomic E-state index is 9.95. The molecule has 0 atom stereocenters. The average molecular weight is 285 g/mol. The number of hydrogen-bond acceptors (Lipinski definition) is 2. The molecule has 16 heavy (non-hydrogen) atoms. The number of halogens is 1. The third kappa shape index (κ3) is 2.11. The van der Waals surface area contributed by atoms with E-state index in [2.05, 4.69) is 15.9 Å². The van der Waals surface area contributed by atoms with Crippen LogP contribution in [-0.2, 0) is 5.41 Å². The van der Waals surface area contributed by atoms with E-state index in [9.17, 15) is 10.2 Å². The van der Waals surface area contributed by atoms with Crippen LogP contribution in [0.1, 0.15) is 37.7 Å². The van der Waals surface area contributed by atoms with E-state index in [1.807, 2.05) is 12.1 Å². The molecule has 1 aliphatic carbocycles. The fourth-order valence-electron chi connectivity index (χ4n) is 2.67. The number of aliphatic hydroxyl groups excluding tert-OH is 1. The zero-order valence-electron chi connectivity index (χ0n) is 9.25. The van der Waals surface area contributed by atoms with E-state index in [1.54, 1.807) is 6.07 Å². The minimum absolute atomic E-state index is 0.122. The van der Waals surface area contributed by atoms with Gasteiger partial charge in [0.15, 0.2) is 0 Å². The first-order valence-corrected chi connectivity index (χ1v) is 6.57. The number of aliphatic hydroxyl groups is 1. The Morgan fingerprint density at radius 1 is 1.19 bits per heavy atom. The van der Waals surface area contributed by atoms with Gasteiger partial charge in [0.25, 0.3) is 0 Å². The van der Waals surface area contributed by atoms with Crippen molar-refractivity contribution >= 4 is 15.9 Å². The van der Waals surface area contributed by atoms with Gasteiger partial charge >= 0.3 is 0 Å². The first-order chi connectivity index (χ1) is 7.68. The molecule has 0 saturated heterocycles. The van der Waals surface area contributed by atoms with Crippen LogP contribution in [0.5, 0.6) is 5.75 Å². The standard InChI is InChI=1S/C13H17BrO2/c14-10-4-5-12(16)11(8-10)13(9-15)6-2-1-3-7-13/h4-5,8,15-16H,1-3,6-7,9H2. The molecule has 0 aliphatic heterocycles. The maximum atomic E-state index is 9.95. The van der Waals surface area contributed by atoms with Crippen LogP contribution in [0.4, 0.5) is 0 Å². The molecule has 1 saturated carbocycles. The molecule has 0 spiro atoms. The minimum atomic E-state index is -0.230. The van der Waals surface area contributed by atoms with Crippen molar-refractivity contribution in [2.24, 2.45) is 0 Å². The molecule has 88 valence electrons. The monoisotopic (exact) mass is 284 g/mol. The summed E-state index contributed by atoms with van der Waals surface area (Å²) in [5.74, 6) is 0.305. The summed E-state index contributed by atoms with van der Waals surface area (Å²) in [4.78, 5) is 0.